The second kappa shape index (κ2) is 7.14. The van der Waals surface area contributed by atoms with Crippen LogP contribution in [0.25, 0.3) is 0 Å². The summed E-state index contributed by atoms with van der Waals surface area (Å²) in [6.07, 6.45) is 6.26. The number of piperidine rings is 1. The molecule has 0 aromatic heterocycles. The van der Waals surface area contributed by atoms with E-state index < -0.39 is 0 Å². The Morgan fingerprint density at radius 1 is 1.19 bits per heavy atom. The van der Waals surface area contributed by atoms with Crippen molar-refractivity contribution in [3.63, 3.8) is 0 Å². The van der Waals surface area contributed by atoms with E-state index in [1.54, 1.807) is 11.8 Å². The van der Waals surface area contributed by atoms with E-state index in [4.69, 9.17) is 5.73 Å². The molecule has 3 rings (SSSR count). The maximum absolute atomic E-state index is 6.11. The Morgan fingerprint density at radius 2 is 2.00 bits per heavy atom. The van der Waals surface area contributed by atoms with Crippen molar-refractivity contribution < 1.29 is 0 Å². The highest BCUT2D eigenvalue weighted by molar-refractivity contribution is 7.98. The van der Waals surface area contributed by atoms with Crippen LogP contribution in [-0.2, 0) is 0 Å². The predicted molar refractivity (Wildman–Crippen MR) is 90.8 cm³/mol. The van der Waals surface area contributed by atoms with Crippen molar-refractivity contribution in [2.75, 3.05) is 39.0 Å². The molecule has 2 saturated heterocycles. The highest BCUT2D eigenvalue weighted by atomic mass is 32.2. The number of benzene rings is 1. The van der Waals surface area contributed by atoms with Crippen molar-refractivity contribution >= 4 is 11.8 Å². The van der Waals surface area contributed by atoms with Crippen LogP contribution in [0.5, 0.6) is 0 Å². The van der Waals surface area contributed by atoms with Crippen molar-refractivity contribution in [1.82, 2.24) is 9.80 Å². The molecule has 2 unspecified atom stereocenters. The summed E-state index contributed by atoms with van der Waals surface area (Å²) in [4.78, 5) is 6.62. The van der Waals surface area contributed by atoms with E-state index in [0.29, 0.717) is 12.6 Å². The van der Waals surface area contributed by atoms with Gasteiger partial charge in [0.05, 0.1) is 0 Å². The quantitative estimate of drug-likeness (QED) is 0.867. The van der Waals surface area contributed by atoms with Gasteiger partial charge in [0, 0.05) is 43.2 Å². The summed E-state index contributed by atoms with van der Waals surface area (Å²) in [7, 11) is 0. The SMILES string of the molecule is CSc1ccc(C(CN)N2CCN3CCCCC3C2)cc1. The molecule has 2 aliphatic rings. The number of hydrogen-bond donors (Lipinski definition) is 1. The fraction of sp³-hybridized carbons (Fsp3) is 0.647. The lowest BCUT2D eigenvalue weighted by Crippen LogP contribution is -2.56. The average Bonchev–Trinajstić information content (AvgIpc) is 2.56. The van der Waals surface area contributed by atoms with E-state index in [0.717, 1.165) is 12.6 Å². The highest BCUT2D eigenvalue weighted by Crippen LogP contribution is 2.28. The molecule has 116 valence electrons. The molecule has 3 nitrogen and oxygen atoms in total. The van der Waals surface area contributed by atoms with Gasteiger partial charge in [-0.15, -0.1) is 11.8 Å². The minimum Gasteiger partial charge on any atom is -0.329 e. The van der Waals surface area contributed by atoms with Gasteiger partial charge in [-0.1, -0.05) is 18.6 Å². The summed E-state index contributed by atoms with van der Waals surface area (Å²) in [6, 6.07) is 10.1. The summed E-state index contributed by atoms with van der Waals surface area (Å²) in [6.45, 7) is 5.57. The molecule has 0 bridgehead atoms. The van der Waals surface area contributed by atoms with Gasteiger partial charge >= 0.3 is 0 Å². The van der Waals surface area contributed by atoms with Gasteiger partial charge in [0.1, 0.15) is 0 Å². The molecule has 2 aliphatic heterocycles. The third-order valence-electron chi connectivity index (χ3n) is 5.03. The van der Waals surface area contributed by atoms with Gasteiger partial charge in [-0.25, -0.2) is 0 Å². The van der Waals surface area contributed by atoms with Gasteiger partial charge in [-0.05, 0) is 43.3 Å². The van der Waals surface area contributed by atoms with Crippen molar-refractivity contribution in [3.8, 4) is 0 Å². The summed E-state index contributed by atoms with van der Waals surface area (Å²) < 4.78 is 0. The van der Waals surface area contributed by atoms with Crippen LogP contribution >= 0.6 is 11.8 Å². The molecule has 0 spiro atoms. The second-order valence-corrected chi connectivity index (χ2v) is 7.08. The Kier molecular flexibility index (Phi) is 5.22. The molecule has 2 heterocycles. The van der Waals surface area contributed by atoms with Crippen LogP contribution in [0.1, 0.15) is 30.9 Å². The number of fused-ring (bicyclic) bond motifs is 1. The third-order valence-corrected chi connectivity index (χ3v) is 5.78. The van der Waals surface area contributed by atoms with E-state index in [1.807, 2.05) is 0 Å². The van der Waals surface area contributed by atoms with E-state index in [9.17, 15) is 0 Å². The first-order valence-electron chi connectivity index (χ1n) is 8.14. The maximum Gasteiger partial charge on any atom is 0.0471 e. The molecule has 1 aromatic carbocycles. The van der Waals surface area contributed by atoms with E-state index >= 15 is 0 Å². The van der Waals surface area contributed by atoms with Crippen molar-refractivity contribution in [2.45, 2.75) is 36.2 Å². The van der Waals surface area contributed by atoms with Gasteiger partial charge < -0.3 is 5.73 Å². The zero-order chi connectivity index (χ0) is 14.7. The lowest BCUT2D eigenvalue weighted by Gasteiger charge is -2.46. The summed E-state index contributed by atoms with van der Waals surface area (Å²) >= 11 is 1.80. The Morgan fingerprint density at radius 3 is 2.71 bits per heavy atom. The van der Waals surface area contributed by atoms with Crippen LogP contribution in [0.2, 0.25) is 0 Å². The number of nitrogens with two attached hydrogens (primary N) is 1. The van der Waals surface area contributed by atoms with Gasteiger partial charge in [-0.2, -0.15) is 0 Å². The molecule has 2 fully saturated rings. The van der Waals surface area contributed by atoms with Crippen molar-refractivity contribution in [2.24, 2.45) is 5.73 Å². The van der Waals surface area contributed by atoms with Crippen molar-refractivity contribution in [1.29, 1.82) is 0 Å². The predicted octanol–water partition coefficient (Wildman–Crippen LogP) is 2.58. The van der Waals surface area contributed by atoms with Crippen LogP contribution in [0.15, 0.2) is 29.2 Å². The molecular formula is C17H27N3S. The Bertz CT molecular complexity index is 448. The molecule has 4 heteroatoms. The second-order valence-electron chi connectivity index (χ2n) is 6.21. The first-order chi connectivity index (χ1) is 10.3. The highest BCUT2D eigenvalue weighted by Gasteiger charge is 2.32. The molecule has 21 heavy (non-hydrogen) atoms. The van der Waals surface area contributed by atoms with Gasteiger partial charge in [0.2, 0.25) is 0 Å². The monoisotopic (exact) mass is 305 g/mol. The summed E-state index contributed by atoms with van der Waals surface area (Å²) in [5.74, 6) is 0. The van der Waals surface area contributed by atoms with E-state index in [2.05, 4.69) is 40.3 Å². The van der Waals surface area contributed by atoms with Crippen LogP contribution < -0.4 is 5.73 Å². The Labute approximate surface area is 132 Å². The molecule has 2 N–H and O–H groups in total. The minimum atomic E-state index is 0.380. The zero-order valence-corrected chi connectivity index (χ0v) is 13.8. The first kappa shape index (κ1) is 15.3. The summed E-state index contributed by atoms with van der Waals surface area (Å²) in [5, 5.41) is 0. The third kappa shape index (κ3) is 3.45. The molecular weight excluding hydrogens is 278 g/mol. The van der Waals surface area contributed by atoms with E-state index in [-0.39, 0.29) is 0 Å². The largest absolute Gasteiger partial charge is 0.329 e. The smallest absolute Gasteiger partial charge is 0.0471 e. The van der Waals surface area contributed by atoms with Crippen LogP contribution in [0.3, 0.4) is 0 Å². The normalized spacial score (nSPS) is 25.5. The van der Waals surface area contributed by atoms with Crippen LogP contribution in [0.4, 0.5) is 0 Å². The number of nitrogens with zero attached hydrogens (tertiary/aromatic N) is 2. The number of hydrogen-bond acceptors (Lipinski definition) is 4. The molecule has 1 aromatic rings. The molecule has 2 atom stereocenters. The van der Waals surface area contributed by atoms with Gasteiger partial charge in [0.25, 0.3) is 0 Å². The average molecular weight is 305 g/mol. The number of piperazine rings is 1. The van der Waals surface area contributed by atoms with Crippen LogP contribution in [-0.4, -0.2) is 54.8 Å². The maximum atomic E-state index is 6.11. The number of rotatable bonds is 4. The standard InChI is InChI=1S/C17H27N3S/c1-21-16-7-5-14(6-8-16)17(12-18)20-11-10-19-9-3-2-4-15(19)13-20/h5-8,15,17H,2-4,9-13,18H2,1H3. The molecule has 0 aliphatic carbocycles. The number of thioether (sulfide) groups is 1. The lowest BCUT2D eigenvalue weighted by atomic mass is 9.97. The minimum absolute atomic E-state index is 0.380. The van der Waals surface area contributed by atoms with Crippen molar-refractivity contribution in [3.05, 3.63) is 29.8 Å². The topological polar surface area (TPSA) is 32.5 Å². The molecule has 0 radical (unpaired) electrons. The molecule has 0 saturated carbocycles. The van der Waals surface area contributed by atoms with Gasteiger partial charge in [-0.3, -0.25) is 9.80 Å². The summed E-state index contributed by atoms with van der Waals surface area (Å²) in [5.41, 5.74) is 7.49. The van der Waals surface area contributed by atoms with E-state index in [1.165, 1.54) is 49.4 Å². The zero-order valence-electron chi connectivity index (χ0n) is 13.0. The van der Waals surface area contributed by atoms with Gasteiger partial charge in [0.15, 0.2) is 0 Å². The Balaban J connectivity index is 1.70. The lowest BCUT2D eigenvalue weighted by molar-refractivity contribution is 0.0286. The fourth-order valence-electron chi connectivity index (χ4n) is 3.79. The Hall–Kier alpha value is -0.550. The van der Waals surface area contributed by atoms with Crippen LogP contribution in [0, 0.1) is 0 Å². The first-order valence-corrected chi connectivity index (χ1v) is 9.36. The fourth-order valence-corrected chi connectivity index (χ4v) is 4.19. The molecule has 0 amide bonds.